The molecule has 0 radical (unpaired) electrons. The molecule has 1 nitrogen and oxygen atoms in total. The Morgan fingerprint density at radius 3 is 1.85 bits per heavy atom. The van der Waals surface area contributed by atoms with Crippen molar-refractivity contribution in [3.63, 3.8) is 0 Å². The second-order valence-corrected chi connectivity index (χ2v) is 3.62. The molecular weight excluding hydrogens is 228 g/mol. The van der Waals surface area contributed by atoms with E-state index in [2.05, 4.69) is 0 Å². The first-order valence-corrected chi connectivity index (χ1v) is 4.44. The van der Waals surface area contributed by atoms with Gasteiger partial charge in [0.15, 0.2) is 5.69 Å². The minimum absolute atomic E-state index is 0.836. The van der Waals surface area contributed by atoms with E-state index in [-0.39, 0.29) is 0 Å². The molecule has 0 aromatic carbocycles. The molecule has 0 bridgehead atoms. The minimum Gasteiger partial charge on any atom is -0.418 e. The zero-order valence-electron chi connectivity index (χ0n) is 6.90. The maximum absolute atomic E-state index is 9.75. The molecule has 1 aromatic rings. The van der Waals surface area contributed by atoms with Gasteiger partial charge >= 0.3 is 11.7 Å². The molecule has 0 saturated carbocycles. The van der Waals surface area contributed by atoms with Crippen LogP contribution in [0.3, 0.4) is 0 Å². The lowest BCUT2D eigenvalue weighted by Gasteiger charge is -1.94. The van der Waals surface area contributed by atoms with Crippen molar-refractivity contribution in [1.82, 2.24) is 0 Å². The highest BCUT2D eigenvalue weighted by Gasteiger charge is 2.20. The van der Waals surface area contributed by atoms with Crippen molar-refractivity contribution in [2.45, 2.75) is 6.92 Å². The Balaban J connectivity index is 0.000000252. The molecule has 1 heterocycles. The van der Waals surface area contributed by atoms with Crippen LogP contribution in [0.5, 0.6) is 0 Å². The summed E-state index contributed by atoms with van der Waals surface area (Å²) in [6, 6.07) is 0. The molecule has 0 aliphatic carbocycles. The van der Waals surface area contributed by atoms with E-state index in [1.165, 1.54) is 5.69 Å². The zero-order chi connectivity index (χ0) is 10.6. The van der Waals surface area contributed by atoms with Gasteiger partial charge in [-0.15, -0.1) is 0 Å². The van der Waals surface area contributed by atoms with Crippen LogP contribution in [0.25, 0.3) is 0 Å². The van der Waals surface area contributed by atoms with Gasteiger partial charge in [-0.3, -0.25) is 0 Å². The lowest BCUT2D eigenvalue weighted by Crippen LogP contribution is -2.29. The molecule has 0 N–H and O–H groups in total. The third kappa shape index (κ3) is 6.83. The molecule has 0 atom stereocenters. The molecule has 13 heavy (non-hydrogen) atoms. The molecule has 1 rings (SSSR count). The quantitative estimate of drug-likeness (QED) is 0.370. The van der Waals surface area contributed by atoms with Gasteiger partial charge in [-0.2, -0.15) is 4.57 Å². The molecule has 0 spiro atoms. The minimum atomic E-state index is -6.00. The van der Waals surface area contributed by atoms with Crippen molar-refractivity contribution >= 4 is 30.2 Å². The number of halogens is 5. The van der Waals surface area contributed by atoms with E-state index in [9.17, 15) is 17.3 Å². The van der Waals surface area contributed by atoms with E-state index >= 15 is 0 Å². The number of aromatic nitrogens is 1. The zero-order valence-corrected chi connectivity index (χ0v) is 8.47. The monoisotopic (exact) mass is 235 g/mol. The Bertz CT molecular complexity index is 248. The Hall–Kier alpha value is -0.295. The van der Waals surface area contributed by atoms with Crippen LogP contribution < -0.4 is 4.57 Å². The van der Waals surface area contributed by atoms with Crippen LogP contribution in [-0.2, 0) is 7.05 Å². The van der Waals surface area contributed by atoms with Gasteiger partial charge in [0, 0.05) is 18.5 Å². The largest absolute Gasteiger partial charge is 0.673 e. The lowest BCUT2D eigenvalue weighted by molar-refractivity contribution is -0.670. The fraction of sp³-hybridized carbons (Fsp3) is 0.400. The molecule has 1 aromatic heterocycles. The molecule has 0 fully saturated rings. The van der Waals surface area contributed by atoms with Gasteiger partial charge in [-0.05, 0) is 0 Å². The number of thiazole rings is 1. The summed E-state index contributed by atoms with van der Waals surface area (Å²) in [5.41, 5.74) is 1.21. The van der Waals surface area contributed by atoms with E-state index in [0.29, 0.717) is 0 Å². The van der Waals surface area contributed by atoms with E-state index < -0.39 is 7.25 Å². The van der Waals surface area contributed by atoms with Crippen LogP contribution >= 0.6 is 22.9 Å². The molecule has 76 valence electrons. The SMILES string of the molecule is Cc1csc(Cl)[n+]1C.F[B-](F)(F)F. The Labute approximate surface area is 82.1 Å². The Morgan fingerprint density at radius 2 is 1.77 bits per heavy atom. The summed E-state index contributed by atoms with van der Waals surface area (Å²) in [7, 11) is -4.05. The molecule has 0 aliphatic rings. The van der Waals surface area contributed by atoms with E-state index in [0.717, 1.165) is 4.47 Å². The topological polar surface area (TPSA) is 3.88 Å². The van der Waals surface area contributed by atoms with Crippen LogP contribution in [0.4, 0.5) is 17.3 Å². The van der Waals surface area contributed by atoms with Gasteiger partial charge in [0.2, 0.25) is 0 Å². The molecule has 0 aliphatic heterocycles. The Kier molecular flexibility index (Phi) is 4.70. The van der Waals surface area contributed by atoms with Crippen molar-refractivity contribution in [2.24, 2.45) is 7.05 Å². The van der Waals surface area contributed by atoms with Crippen molar-refractivity contribution in [3.05, 3.63) is 15.5 Å². The van der Waals surface area contributed by atoms with Crippen LogP contribution in [0.2, 0.25) is 4.47 Å². The highest BCUT2D eigenvalue weighted by Crippen LogP contribution is 2.10. The third-order valence-electron chi connectivity index (χ3n) is 1.12. The predicted octanol–water partition coefficient (Wildman–Crippen LogP) is 2.83. The van der Waals surface area contributed by atoms with Crippen molar-refractivity contribution in [2.75, 3.05) is 0 Å². The summed E-state index contributed by atoms with van der Waals surface area (Å²) in [5.74, 6) is 0. The first-order valence-electron chi connectivity index (χ1n) is 3.18. The molecule has 0 unspecified atom stereocenters. The van der Waals surface area contributed by atoms with Crippen molar-refractivity contribution in [1.29, 1.82) is 0 Å². The van der Waals surface area contributed by atoms with Gasteiger partial charge in [0.1, 0.15) is 7.05 Å². The van der Waals surface area contributed by atoms with Crippen LogP contribution in [0.15, 0.2) is 5.38 Å². The van der Waals surface area contributed by atoms with E-state index in [4.69, 9.17) is 11.6 Å². The lowest BCUT2D eigenvalue weighted by atomic mass is 10.3. The standard InChI is InChI=1S/C5H7ClNS.BF4/c1-4-3-8-5(6)7(4)2;2-1(3,4)5/h3H,1-2H3;/q+1;-1. The average Bonchev–Trinajstić information content (AvgIpc) is 2.16. The fourth-order valence-corrected chi connectivity index (χ4v) is 1.43. The summed E-state index contributed by atoms with van der Waals surface area (Å²) >= 11 is 7.27. The number of nitrogens with zero attached hydrogens (tertiary/aromatic N) is 1. The van der Waals surface area contributed by atoms with Gasteiger partial charge in [-0.25, -0.2) is 0 Å². The number of hydrogen-bond donors (Lipinski definition) is 0. The first kappa shape index (κ1) is 12.7. The van der Waals surface area contributed by atoms with Crippen LogP contribution in [0.1, 0.15) is 5.69 Å². The van der Waals surface area contributed by atoms with Crippen LogP contribution in [-0.4, -0.2) is 7.25 Å². The van der Waals surface area contributed by atoms with Crippen molar-refractivity contribution < 1.29 is 21.8 Å². The number of rotatable bonds is 0. The highest BCUT2D eigenvalue weighted by molar-refractivity contribution is 7.13. The average molecular weight is 235 g/mol. The number of aryl methyl sites for hydroxylation is 1. The summed E-state index contributed by atoms with van der Waals surface area (Å²) in [5, 5.41) is 2.03. The molecule has 0 amide bonds. The Morgan fingerprint density at radius 1 is 1.38 bits per heavy atom. The van der Waals surface area contributed by atoms with Crippen molar-refractivity contribution in [3.8, 4) is 0 Å². The van der Waals surface area contributed by atoms with Crippen LogP contribution in [0, 0.1) is 6.92 Å². The fourth-order valence-electron chi connectivity index (χ4n) is 0.431. The second kappa shape index (κ2) is 4.81. The normalized spacial score (nSPS) is 10.7. The van der Waals surface area contributed by atoms with Gasteiger partial charge in [0.05, 0.1) is 5.38 Å². The smallest absolute Gasteiger partial charge is 0.418 e. The second-order valence-electron chi connectivity index (χ2n) is 2.18. The predicted molar refractivity (Wildman–Crippen MR) is 45.4 cm³/mol. The maximum Gasteiger partial charge on any atom is 0.673 e. The summed E-state index contributed by atoms with van der Waals surface area (Å²) < 4.78 is 41.8. The summed E-state index contributed by atoms with van der Waals surface area (Å²) in [6.45, 7) is 2.03. The maximum atomic E-state index is 9.75. The first-order chi connectivity index (χ1) is 5.72. The van der Waals surface area contributed by atoms with E-state index in [1.807, 2.05) is 23.9 Å². The van der Waals surface area contributed by atoms with Gasteiger partial charge in [0.25, 0.3) is 0 Å². The highest BCUT2D eigenvalue weighted by atomic mass is 35.5. The van der Waals surface area contributed by atoms with Gasteiger partial charge < -0.3 is 17.3 Å². The van der Waals surface area contributed by atoms with E-state index in [1.54, 1.807) is 11.3 Å². The molecular formula is C5H7BClF4NS. The van der Waals surface area contributed by atoms with Gasteiger partial charge in [-0.1, -0.05) is 11.3 Å². The number of hydrogen-bond acceptors (Lipinski definition) is 1. The summed E-state index contributed by atoms with van der Waals surface area (Å²) in [6.07, 6.45) is 0. The summed E-state index contributed by atoms with van der Waals surface area (Å²) in [4.78, 5) is 0. The molecule has 8 heteroatoms. The molecule has 0 saturated heterocycles. The third-order valence-corrected chi connectivity index (χ3v) is 2.57.